The second-order valence-electron chi connectivity index (χ2n) is 8.96. The molecule has 190 valence electrons. The van der Waals surface area contributed by atoms with Gasteiger partial charge in [-0.1, -0.05) is 37.3 Å². The van der Waals surface area contributed by atoms with Crippen molar-refractivity contribution < 1.29 is 27.4 Å². The van der Waals surface area contributed by atoms with Crippen LogP contribution in [0.4, 0.5) is 18.3 Å². The van der Waals surface area contributed by atoms with Crippen LogP contribution in [-0.2, 0) is 4.79 Å². The number of ether oxygens (including phenoxy) is 2. The van der Waals surface area contributed by atoms with E-state index >= 15 is 0 Å². The van der Waals surface area contributed by atoms with Crippen molar-refractivity contribution >= 4 is 22.4 Å². The first-order chi connectivity index (χ1) is 17.5. The third-order valence-corrected chi connectivity index (χ3v) is 6.61. The SMILES string of the molecule is Cc1ccc2c(n1)Oc1nc(-c3ccc(OC(F)(F)F)cc3)ccc1[C@H]2C(C)(C)C(=O)Nc1nncs1. The minimum absolute atomic E-state index is 0.264. The molecule has 0 spiro atoms. The van der Waals surface area contributed by atoms with E-state index in [1.807, 2.05) is 39.0 Å². The maximum absolute atomic E-state index is 13.4. The highest BCUT2D eigenvalue weighted by Gasteiger charge is 2.45. The standard InChI is InChI=1S/C25H20F3N5O3S/c1-13-4-9-16-19(24(2,3)22(34)32-23-33-29-12-37-23)17-10-11-18(31-21(17)35-20(16)30-13)14-5-7-15(8-6-14)36-25(26,27)28/h4-12,19H,1-3H3,(H,32,33,34)/t19-/m0/s1. The quantitative estimate of drug-likeness (QED) is 0.335. The number of amides is 1. The molecule has 1 aromatic carbocycles. The van der Waals surface area contributed by atoms with Gasteiger partial charge in [0.1, 0.15) is 11.3 Å². The van der Waals surface area contributed by atoms with Gasteiger partial charge in [-0.25, -0.2) is 9.97 Å². The van der Waals surface area contributed by atoms with Crippen LogP contribution in [0.2, 0.25) is 0 Å². The van der Waals surface area contributed by atoms with E-state index in [4.69, 9.17) is 4.74 Å². The molecule has 3 aromatic heterocycles. The molecule has 0 saturated heterocycles. The Kier molecular flexibility index (Phi) is 6.06. The second-order valence-corrected chi connectivity index (χ2v) is 9.80. The molecule has 4 heterocycles. The summed E-state index contributed by atoms with van der Waals surface area (Å²) in [7, 11) is 0. The molecule has 0 bridgehead atoms. The zero-order valence-electron chi connectivity index (χ0n) is 19.8. The first-order valence-electron chi connectivity index (χ1n) is 11.1. The molecule has 12 heteroatoms. The molecule has 1 aliphatic rings. The number of rotatable bonds is 5. The van der Waals surface area contributed by atoms with Gasteiger partial charge in [0.2, 0.25) is 22.8 Å². The molecule has 5 rings (SSSR count). The summed E-state index contributed by atoms with van der Waals surface area (Å²) >= 11 is 1.22. The Balaban J connectivity index is 1.53. The lowest BCUT2D eigenvalue weighted by Gasteiger charge is -2.37. The minimum Gasteiger partial charge on any atom is -0.420 e. The van der Waals surface area contributed by atoms with E-state index < -0.39 is 17.7 Å². The monoisotopic (exact) mass is 527 g/mol. The van der Waals surface area contributed by atoms with Crippen molar-refractivity contribution in [3.05, 3.63) is 70.9 Å². The Bertz CT molecular complexity index is 1460. The van der Waals surface area contributed by atoms with Crippen LogP contribution >= 0.6 is 11.3 Å². The van der Waals surface area contributed by atoms with Gasteiger partial charge in [0.25, 0.3) is 0 Å². The topological polar surface area (TPSA) is 99.1 Å². The Labute approximate surface area is 213 Å². The van der Waals surface area contributed by atoms with Crippen molar-refractivity contribution in [2.24, 2.45) is 5.41 Å². The normalized spacial score (nSPS) is 14.8. The lowest BCUT2D eigenvalue weighted by molar-refractivity contribution is -0.274. The highest BCUT2D eigenvalue weighted by atomic mass is 32.1. The lowest BCUT2D eigenvalue weighted by Crippen LogP contribution is -2.38. The number of nitrogens with zero attached hydrogens (tertiary/aromatic N) is 4. The van der Waals surface area contributed by atoms with E-state index in [0.29, 0.717) is 27.8 Å². The van der Waals surface area contributed by atoms with Crippen molar-refractivity contribution in [2.75, 3.05) is 5.32 Å². The molecular weight excluding hydrogens is 507 g/mol. The Morgan fingerprint density at radius 3 is 2.32 bits per heavy atom. The van der Waals surface area contributed by atoms with Crippen LogP contribution in [0.1, 0.15) is 36.6 Å². The summed E-state index contributed by atoms with van der Waals surface area (Å²) in [6, 6.07) is 12.7. The first-order valence-corrected chi connectivity index (χ1v) is 12.0. The number of hydrogen-bond donors (Lipinski definition) is 1. The number of nitrogens with one attached hydrogen (secondary N) is 1. The van der Waals surface area contributed by atoms with Gasteiger partial charge in [-0.3, -0.25) is 4.79 Å². The maximum Gasteiger partial charge on any atom is 0.573 e. The first kappa shape index (κ1) is 24.6. The van der Waals surface area contributed by atoms with Crippen LogP contribution in [0.25, 0.3) is 11.3 Å². The molecule has 0 unspecified atom stereocenters. The van der Waals surface area contributed by atoms with E-state index in [0.717, 1.165) is 11.3 Å². The Morgan fingerprint density at radius 1 is 1.00 bits per heavy atom. The number of benzene rings is 1. The number of hydrogen-bond acceptors (Lipinski definition) is 8. The fourth-order valence-corrected chi connectivity index (χ4v) is 4.68. The lowest BCUT2D eigenvalue weighted by atomic mass is 9.70. The molecule has 0 aliphatic carbocycles. The number of alkyl halides is 3. The van der Waals surface area contributed by atoms with E-state index in [9.17, 15) is 18.0 Å². The van der Waals surface area contributed by atoms with E-state index in [1.165, 1.54) is 41.1 Å². The molecule has 1 amide bonds. The van der Waals surface area contributed by atoms with Crippen LogP contribution < -0.4 is 14.8 Å². The van der Waals surface area contributed by atoms with Gasteiger partial charge in [-0.05, 0) is 43.3 Å². The number of pyridine rings is 2. The zero-order chi connectivity index (χ0) is 26.4. The molecule has 1 atom stereocenters. The average Bonchev–Trinajstić information content (AvgIpc) is 3.34. The molecule has 37 heavy (non-hydrogen) atoms. The maximum atomic E-state index is 13.4. The number of carbonyl (C=O) groups excluding carboxylic acids is 1. The summed E-state index contributed by atoms with van der Waals surface area (Å²) in [6.45, 7) is 5.47. The molecule has 0 fully saturated rings. The van der Waals surface area contributed by atoms with Crippen molar-refractivity contribution in [1.82, 2.24) is 20.2 Å². The largest absolute Gasteiger partial charge is 0.573 e. The minimum atomic E-state index is -4.78. The van der Waals surface area contributed by atoms with Crippen molar-refractivity contribution in [3.8, 4) is 28.8 Å². The van der Waals surface area contributed by atoms with Crippen LogP contribution in [-0.4, -0.2) is 32.4 Å². The van der Waals surface area contributed by atoms with Crippen LogP contribution in [0.15, 0.2) is 54.0 Å². The average molecular weight is 528 g/mol. The van der Waals surface area contributed by atoms with E-state index in [2.05, 4.69) is 30.2 Å². The summed E-state index contributed by atoms with van der Waals surface area (Å²) in [4.78, 5) is 22.6. The summed E-state index contributed by atoms with van der Waals surface area (Å²) in [5.74, 6) is -0.454. The van der Waals surface area contributed by atoms with Gasteiger partial charge in [0.05, 0.1) is 11.1 Å². The summed E-state index contributed by atoms with van der Waals surface area (Å²) in [5.41, 5.74) is 3.73. The van der Waals surface area contributed by atoms with Gasteiger partial charge in [-0.15, -0.1) is 23.4 Å². The number of fused-ring (bicyclic) bond motifs is 2. The number of anilines is 1. The molecular formula is C25H20F3N5O3S. The summed E-state index contributed by atoms with van der Waals surface area (Å²) in [6.07, 6.45) is -4.78. The smallest absolute Gasteiger partial charge is 0.420 e. The van der Waals surface area contributed by atoms with Crippen molar-refractivity contribution in [1.29, 1.82) is 0 Å². The molecule has 0 saturated carbocycles. The van der Waals surface area contributed by atoms with Gasteiger partial charge < -0.3 is 14.8 Å². The van der Waals surface area contributed by atoms with Crippen LogP contribution in [0.5, 0.6) is 17.5 Å². The molecule has 8 nitrogen and oxygen atoms in total. The van der Waals surface area contributed by atoms with Crippen molar-refractivity contribution in [2.45, 2.75) is 33.1 Å². The fourth-order valence-electron chi connectivity index (χ4n) is 4.24. The third-order valence-electron chi connectivity index (χ3n) is 6.01. The Morgan fingerprint density at radius 2 is 1.68 bits per heavy atom. The number of aryl methyl sites for hydroxylation is 1. The fraction of sp³-hybridized carbons (Fsp3) is 0.240. The number of halogens is 3. The molecule has 1 aliphatic heterocycles. The number of aromatic nitrogens is 4. The zero-order valence-corrected chi connectivity index (χ0v) is 20.6. The van der Waals surface area contributed by atoms with Gasteiger partial charge in [0, 0.05) is 28.3 Å². The van der Waals surface area contributed by atoms with Gasteiger partial charge in [0.15, 0.2) is 0 Å². The molecule has 4 aromatic rings. The predicted molar refractivity (Wildman–Crippen MR) is 130 cm³/mol. The van der Waals surface area contributed by atoms with E-state index in [-0.39, 0.29) is 17.5 Å². The van der Waals surface area contributed by atoms with E-state index in [1.54, 1.807) is 6.07 Å². The van der Waals surface area contributed by atoms with Crippen molar-refractivity contribution in [3.63, 3.8) is 0 Å². The molecule has 1 N–H and O–H groups in total. The second kappa shape index (κ2) is 9.11. The van der Waals surface area contributed by atoms with Gasteiger partial charge in [-0.2, -0.15) is 0 Å². The van der Waals surface area contributed by atoms with Crippen LogP contribution in [0, 0.1) is 12.3 Å². The summed E-state index contributed by atoms with van der Waals surface area (Å²) in [5, 5.41) is 10.9. The third kappa shape index (κ3) is 4.96. The van der Waals surface area contributed by atoms with Crippen LogP contribution in [0.3, 0.4) is 0 Å². The summed E-state index contributed by atoms with van der Waals surface area (Å²) < 4.78 is 47.5. The van der Waals surface area contributed by atoms with Gasteiger partial charge >= 0.3 is 6.36 Å². The highest BCUT2D eigenvalue weighted by molar-refractivity contribution is 7.13. The number of carbonyl (C=O) groups is 1. The predicted octanol–water partition coefficient (Wildman–Crippen LogP) is 6.10. The Hall–Kier alpha value is -4.06. The highest BCUT2D eigenvalue weighted by Crippen LogP contribution is 2.51. The molecule has 0 radical (unpaired) electrons.